The van der Waals surface area contributed by atoms with Crippen LogP contribution in [0, 0.1) is 19.7 Å². The van der Waals surface area contributed by atoms with Gasteiger partial charge in [-0.1, -0.05) is 17.3 Å². The lowest BCUT2D eigenvalue weighted by molar-refractivity contribution is -0.115. The molecule has 0 unspecified atom stereocenters. The Morgan fingerprint density at radius 1 is 1.13 bits per heavy atom. The van der Waals surface area contributed by atoms with Gasteiger partial charge in [-0.2, -0.15) is 0 Å². The topological polar surface area (TPSA) is 90.7 Å². The highest BCUT2D eigenvalue weighted by Crippen LogP contribution is 2.20. The minimum Gasteiger partial charge on any atom is -0.489 e. The van der Waals surface area contributed by atoms with E-state index in [1.165, 1.54) is 19.2 Å². The fourth-order valence-electron chi connectivity index (χ4n) is 2.81. The third kappa shape index (κ3) is 5.02. The van der Waals surface area contributed by atoms with Crippen molar-refractivity contribution < 1.29 is 28.0 Å². The summed E-state index contributed by atoms with van der Waals surface area (Å²) < 4.78 is 29.4. The Morgan fingerprint density at radius 2 is 1.87 bits per heavy atom. The van der Waals surface area contributed by atoms with E-state index >= 15 is 0 Å². The van der Waals surface area contributed by atoms with Crippen LogP contribution < -0.4 is 10.1 Å². The SMILES string of the molecule is COC(=O)c1ccc(F)c(NC(=O)Cc2ccc(OCc3c(C)noc3C)cc2)c1. The average Bonchev–Trinajstić information content (AvgIpc) is 3.06. The maximum Gasteiger partial charge on any atom is 0.337 e. The highest BCUT2D eigenvalue weighted by Gasteiger charge is 2.13. The summed E-state index contributed by atoms with van der Waals surface area (Å²) in [4.78, 5) is 23.9. The monoisotopic (exact) mass is 412 g/mol. The third-order valence-electron chi connectivity index (χ3n) is 4.51. The quantitative estimate of drug-likeness (QED) is 0.591. The molecule has 1 amide bonds. The number of esters is 1. The first-order valence-corrected chi connectivity index (χ1v) is 9.18. The summed E-state index contributed by atoms with van der Waals surface area (Å²) in [5, 5.41) is 6.36. The lowest BCUT2D eigenvalue weighted by Crippen LogP contribution is -2.16. The molecule has 2 aromatic carbocycles. The van der Waals surface area contributed by atoms with E-state index in [1.54, 1.807) is 24.3 Å². The number of carbonyl (C=O) groups is 2. The second-order valence-electron chi connectivity index (χ2n) is 6.65. The Labute approximate surface area is 172 Å². The fourth-order valence-corrected chi connectivity index (χ4v) is 2.81. The van der Waals surface area contributed by atoms with Gasteiger partial charge in [-0.3, -0.25) is 4.79 Å². The van der Waals surface area contributed by atoms with Crippen molar-refractivity contribution >= 4 is 17.6 Å². The summed E-state index contributed by atoms with van der Waals surface area (Å²) >= 11 is 0. The van der Waals surface area contributed by atoms with Crippen LogP contribution in [0.3, 0.4) is 0 Å². The molecule has 0 bridgehead atoms. The van der Waals surface area contributed by atoms with Crippen molar-refractivity contribution in [1.29, 1.82) is 0 Å². The van der Waals surface area contributed by atoms with Crippen LogP contribution in [0.25, 0.3) is 0 Å². The van der Waals surface area contributed by atoms with Crippen molar-refractivity contribution in [2.45, 2.75) is 26.9 Å². The molecule has 1 heterocycles. The first-order valence-electron chi connectivity index (χ1n) is 9.18. The van der Waals surface area contributed by atoms with E-state index in [0.29, 0.717) is 18.1 Å². The van der Waals surface area contributed by atoms with Gasteiger partial charge in [0.2, 0.25) is 5.91 Å². The summed E-state index contributed by atoms with van der Waals surface area (Å²) in [6, 6.07) is 10.6. The van der Waals surface area contributed by atoms with Crippen LogP contribution >= 0.6 is 0 Å². The molecule has 0 fully saturated rings. The van der Waals surface area contributed by atoms with E-state index in [9.17, 15) is 14.0 Å². The van der Waals surface area contributed by atoms with Crippen LogP contribution in [0.2, 0.25) is 0 Å². The highest BCUT2D eigenvalue weighted by atomic mass is 19.1. The Bertz CT molecular complexity index is 1040. The van der Waals surface area contributed by atoms with Gasteiger partial charge in [0, 0.05) is 0 Å². The fraction of sp³-hybridized carbons (Fsp3) is 0.227. The number of aromatic nitrogens is 1. The van der Waals surface area contributed by atoms with E-state index in [0.717, 1.165) is 22.9 Å². The largest absolute Gasteiger partial charge is 0.489 e. The zero-order valence-corrected chi connectivity index (χ0v) is 16.8. The van der Waals surface area contributed by atoms with Gasteiger partial charge in [0.1, 0.15) is 23.9 Å². The Morgan fingerprint density at radius 3 is 2.50 bits per heavy atom. The second-order valence-corrected chi connectivity index (χ2v) is 6.65. The normalized spacial score (nSPS) is 10.5. The van der Waals surface area contributed by atoms with Gasteiger partial charge in [-0.05, 0) is 49.7 Å². The molecule has 3 aromatic rings. The number of ether oxygens (including phenoxy) is 2. The van der Waals surface area contributed by atoms with Crippen LogP contribution in [0.1, 0.15) is 32.9 Å². The number of halogens is 1. The lowest BCUT2D eigenvalue weighted by Gasteiger charge is -2.09. The summed E-state index contributed by atoms with van der Waals surface area (Å²) in [6.07, 6.45) is 0.0338. The van der Waals surface area contributed by atoms with Gasteiger partial charge in [0.15, 0.2) is 0 Å². The molecule has 156 valence electrons. The van der Waals surface area contributed by atoms with Crippen LogP contribution in [-0.4, -0.2) is 24.1 Å². The molecule has 30 heavy (non-hydrogen) atoms. The number of anilines is 1. The van der Waals surface area contributed by atoms with Crippen LogP contribution in [0.15, 0.2) is 47.0 Å². The molecule has 0 aliphatic rings. The zero-order chi connectivity index (χ0) is 21.7. The van der Waals surface area contributed by atoms with Gasteiger partial charge in [-0.15, -0.1) is 0 Å². The van der Waals surface area contributed by atoms with Crippen molar-refractivity contribution in [2.24, 2.45) is 0 Å². The Balaban J connectivity index is 1.59. The molecular weight excluding hydrogens is 391 g/mol. The summed E-state index contributed by atoms with van der Waals surface area (Å²) in [5.74, 6) is -0.322. The van der Waals surface area contributed by atoms with E-state index < -0.39 is 17.7 Å². The maximum absolute atomic E-state index is 14.0. The molecule has 0 aliphatic heterocycles. The molecule has 0 spiro atoms. The molecule has 1 aromatic heterocycles. The molecule has 0 atom stereocenters. The molecule has 0 saturated heterocycles. The molecule has 8 heteroatoms. The van der Waals surface area contributed by atoms with Crippen LogP contribution in [0.5, 0.6) is 5.75 Å². The average molecular weight is 412 g/mol. The van der Waals surface area contributed by atoms with Gasteiger partial charge < -0.3 is 19.3 Å². The number of aryl methyl sites for hydroxylation is 2. The third-order valence-corrected chi connectivity index (χ3v) is 4.51. The van der Waals surface area contributed by atoms with Crippen molar-refractivity contribution in [3.63, 3.8) is 0 Å². The summed E-state index contributed by atoms with van der Waals surface area (Å²) in [6.45, 7) is 4.00. The highest BCUT2D eigenvalue weighted by molar-refractivity contribution is 5.95. The van der Waals surface area contributed by atoms with Crippen molar-refractivity contribution in [2.75, 3.05) is 12.4 Å². The molecule has 7 nitrogen and oxygen atoms in total. The van der Waals surface area contributed by atoms with E-state index in [2.05, 4.69) is 15.2 Å². The van der Waals surface area contributed by atoms with E-state index in [4.69, 9.17) is 9.26 Å². The summed E-state index contributed by atoms with van der Waals surface area (Å²) in [5.41, 5.74) is 2.47. The minimum absolute atomic E-state index is 0.0338. The zero-order valence-electron chi connectivity index (χ0n) is 16.8. The number of nitrogens with one attached hydrogen (secondary N) is 1. The van der Waals surface area contributed by atoms with Crippen LogP contribution in [-0.2, 0) is 22.6 Å². The number of nitrogens with zero attached hydrogens (tertiary/aromatic N) is 1. The van der Waals surface area contributed by atoms with Gasteiger partial charge >= 0.3 is 5.97 Å². The number of benzene rings is 2. The number of carbonyl (C=O) groups excluding carboxylic acids is 2. The number of rotatable bonds is 7. The smallest absolute Gasteiger partial charge is 0.337 e. The van der Waals surface area contributed by atoms with Crippen molar-refractivity contribution in [3.8, 4) is 5.75 Å². The Kier molecular flexibility index (Phi) is 6.46. The molecule has 3 rings (SSSR count). The first kappa shape index (κ1) is 21.0. The molecule has 0 radical (unpaired) electrons. The van der Waals surface area contributed by atoms with Crippen LogP contribution in [0.4, 0.5) is 10.1 Å². The van der Waals surface area contributed by atoms with Gasteiger partial charge in [-0.25, -0.2) is 9.18 Å². The minimum atomic E-state index is -0.640. The van der Waals surface area contributed by atoms with Crippen molar-refractivity contribution in [1.82, 2.24) is 5.16 Å². The Hall–Kier alpha value is -3.68. The second kappa shape index (κ2) is 9.21. The summed E-state index contributed by atoms with van der Waals surface area (Å²) in [7, 11) is 1.23. The predicted molar refractivity (Wildman–Crippen MR) is 107 cm³/mol. The lowest BCUT2D eigenvalue weighted by atomic mass is 10.1. The standard InChI is InChI=1S/C22H21FN2O5/c1-13-18(14(2)30-25-13)12-29-17-7-4-15(5-8-17)10-21(26)24-20-11-16(22(27)28-3)6-9-19(20)23/h4-9,11H,10,12H2,1-3H3,(H,24,26). The van der Waals surface area contributed by atoms with Gasteiger partial charge in [0.05, 0.1) is 36.0 Å². The van der Waals surface area contributed by atoms with Crippen molar-refractivity contribution in [3.05, 3.63) is 76.4 Å². The first-order chi connectivity index (χ1) is 14.4. The van der Waals surface area contributed by atoms with E-state index in [1.807, 2.05) is 13.8 Å². The predicted octanol–water partition coefficient (Wildman–Crippen LogP) is 3.98. The number of methoxy groups -OCH3 is 1. The maximum atomic E-state index is 14.0. The number of hydrogen-bond donors (Lipinski definition) is 1. The van der Waals surface area contributed by atoms with Gasteiger partial charge in [0.25, 0.3) is 0 Å². The molecule has 1 N–H and O–H groups in total. The molecule has 0 saturated carbocycles. The number of amides is 1. The number of hydrogen-bond acceptors (Lipinski definition) is 6. The molecular formula is C22H21FN2O5. The van der Waals surface area contributed by atoms with E-state index in [-0.39, 0.29) is 17.7 Å². The molecule has 0 aliphatic carbocycles.